The maximum atomic E-state index is 12.2. The molecule has 0 aliphatic heterocycles. The number of carbonyl (C=O) groups excluding carboxylic acids is 1. The summed E-state index contributed by atoms with van der Waals surface area (Å²) in [7, 11) is 1.94. The molecule has 3 aliphatic rings. The lowest BCUT2D eigenvalue weighted by Gasteiger charge is -2.53. The number of hydrogen-bond acceptors (Lipinski definition) is 3. The molecule has 1 amide bonds. The molecule has 1 aromatic carbocycles. The van der Waals surface area contributed by atoms with Gasteiger partial charge in [-0.15, -0.1) is 11.6 Å². The predicted octanol–water partition coefficient (Wildman–Crippen LogP) is 8.21. The van der Waals surface area contributed by atoms with E-state index in [0.717, 1.165) is 51.5 Å². The topological polar surface area (TPSA) is 60.8 Å². The number of amides is 1. The molecular weight excluding hydrogens is 506 g/mol. The number of nitrogens with zero attached hydrogens (tertiary/aromatic N) is 1. The van der Waals surface area contributed by atoms with E-state index in [-0.39, 0.29) is 10.8 Å². The molecule has 0 saturated heterocycles. The van der Waals surface area contributed by atoms with Crippen molar-refractivity contribution in [1.82, 2.24) is 4.90 Å². The number of alkyl halides is 1. The average molecular weight is 560 g/mol. The van der Waals surface area contributed by atoms with Crippen molar-refractivity contribution < 1.29 is 15.0 Å². The van der Waals surface area contributed by atoms with Crippen LogP contribution in [0.2, 0.25) is 0 Å². The SMILES string of the molecule is CCCCN(C)C(=O)CCCCCCCCCC[C@@H]1Cc2cc(O)ccc2C2CC[C@@]3(C)C(C[C@@H](Cl)C3O)C21. The third-order valence-corrected chi connectivity index (χ3v) is 11.2. The minimum Gasteiger partial charge on any atom is -0.508 e. The Balaban J connectivity index is 1.21. The van der Waals surface area contributed by atoms with E-state index in [2.05, 4.69) is 19.9 Å². The van der Waals surface area contributed by atoms with Crippen molar-refractivity contribution >= 4 is 17.5 Å². The second-order valence-electron chi connectivity index (χ2n) is 13.4. The van der Waals surface area contributed by atoms with Crippen LogP contribution >= 0.6 is 11.6 Å². The van der Waals surface area contributed by atoms with E-state index in [9.17, 15) is 15.0 Å². The van der Waals surface area contributed by atoms with Crippen LogP contribution in [0.1, 0.15) is 127 Å². The van der Waals surface area contributed by atoms with Crippen LogP contribution in [0.5, 0.6) is 5.75 Å². The van der Waals surface area contributed by atoms with E-state index in [1.807, 2.05) is 24.1 Å². The molecule has 0 aromatic heterocycles. The summed E-state index contributed by atoms with van der Waals surface area (Å²) in [6.07, 6.45) is 17.7. The smallest absolute Gasteiger partial charge is 0.222 e. The summed E-state index contributed by atoms with van der Waals surface area (Å²) in [6.45, 7) is 5.35. The lowest BCUT2D eigenvalue weighted by atomic mass is 9.52. The van der Waals surface area contributed by atoms with Crippen molar-refractivity contribution in [1.29, 1.82) is 0 Å². The van der Waals surface area contributed by atoms with E-state index in [1.165, 1.54) is 62.5 Å². The number of carbonyl (C=O) groups is 1. The molecule has 0 heterocycles. The third-order valence-electron chi connectivity index (χ3n) is 10.8. The van der Waals surface area contributed by atoms with Gasteiger partial charge in [-0.3, -0.25) is 4.79 Å². The van der Waals surface area contributed by atoms with E-state index in [0.29, 0.717) is 41.7 Å². The monoisotopic (exact) mass is 559 g/mol. The number of hydrogen-bond donors (Lipinski definition) is 2. The number of aromatic hydroxyl groups is 1. The molecular formula is C34H54ClNO3. The maximum Gasteiger partial charge on any atom is 0.222 e. The lowest BCUT2D eigenvalue weighted by molar-refractivity contribution is -0.130. The Labute approximate surface area is 242 Å². The van der Waals surface area contributed by atoms with Gasteiger partial charge >= 0.3 is 0 Å². The number of rotatable bonds is 14. The summed E-state index contributed by atoms with van der Waals surface area (Å²) in [5, 5.41) is 21.1. The van der Waals surface area contributed by atoms with Crippen LogP contribution in [0.25, 0.3) is 0 Å². The van der Waals surface area contributed by atoms with Gasteiger partial charge in [0.05, 0.1) is 11.5 Å². The van der Waals surface area contributed by atoms with Crippen molar-refractivity contribution in [3.63, 3.8) is 0 Å². The largest absolute Gasteiger partial charge is 0.508 e. The molecule has 220 valence electrons. The van der Waals surface area contributed by atoms with E-state index >= 15 is 0 Å². The number of aliphatic hydroxyl groups excluding tert-OH is 1. The van der Waals surface area contributed by atoms with Crippen LogP contribution in [-0.2, 0) is 11.2 Å². The molecule has 1 aromatic rings. The van der Waals surface area contributed by atoms with Gasteiger partial charge in [-0.25, -0.2) is 0 Å². The molecule has 4 rings (SSSR count). The number of benzene rings is 1. The molecule has 0 bridgehead atoms. The first-order chi connectivity index (χ1) is 18.8. The molecule has 0 spiro atoms. The highest BCUT2D eigenvalue weighted by atomic mass is 35.5. The number of fused-ring (bicyclic) bond motifs is 5. The Morgan fingerprint density at radius 1 is 1.08 bits per heavy atom. The minimum absolute atomic E-state index is 0.0597. The zero-order valence-corrected chi connectivity index (χ0v) is 25.6. The fraction of sp³-hybridized carbons (Fsp3) is 0.794. The summed E-state index contributed by atoms with van der Waals surface area (Å²) >= 11 is 6.68. The summed E-state index contributed by atoms with van der Waals surface area (Å²) in [6, 6.07) is 6.05. The van der Waals surface area contributed by atoms with Crippen LogP contribution in [0.3, 0.4) is 0 Å². The third kappa shape index (κ3) is 7.15. The summed E-state index contributed by atoms with van der Waals surface area (Å²) in [5.74, 6) is 2.90. The van der Waals surface area contributed by atoms with Gasteiger partial charge < -0.3 is 15.1 Å². The van der Waals surface area contributed by atoms with Crippen LogP contribution in [0.4, 0.5) is 0 Å². The maximum absolute atomic E-state index is 12.2. The van der Waals surface area contributed by atoms with E-state index in [4.69, 9.17) is 11.6 Å². The molecule has 4 nitrogen and oxygen atoms in total. The van der Waals surface area contributed by atoms with Gasteiger partial charge in [-0.1, -0.05) is 71.3 Å². The molecule has 2 saturated carbocycles. The van der Waals surface area contributed by atoms with E-state index in [1.54, 1.807) is 0 Å². The minimum atomic E-state index is -0.396. The second kappa shape index (κ2) is 14.1. The van der Waals surface area contributed by atoms with Gasteiger partial charge in [-0.2, -0.15) is 0 Å². The highest BCUT2D eigenvalue weighted by molar-refractivity contribution is 6.21. The number of unbranched alkanes of at least 4 members (excludes halogenated alkanes) is 8. The first-order valence-electron chi connectivity index (χ1n) is 16.1. The van der Waals surface area contributed by atoms with Gasteiger partial charge in [0.1, 0.15) is 5.75 Å². The van der Waals surface area contributed by atoms with Crippen molar-refractivity contribution in [2.24, 2.45) is 23.2 Å². The van der Waals surface area contributed by atoms with Gasteiger partial charge in [0.15, 0.2) is 0 Å². The van der Waals surface area contributed by atoms with Gasteiger partial charge in [0.2, 0.25) is 5.91 Å². The summed E-state index contributed by atoms with van der Waals surface area (Å²) < 4.78 is 0. The normalized spacial score (nSPS) is 31.4. The van der Waals surface area contributed by atoms with Crippen molar-refractivity contribution in [3.8, 4) is 5.75 Å². The number of phenols is 1. The molecule has 2 N–H and O–H groups in total. The Morgan fingerprint density at radius 2 is 1.77 bits per heavy atom. The molecule has 5 heteroatoms. The van der Waals surface area contributed by atoms with Crippen LogP contribution in [0.15, 0.2) is 18.2 Å². The molecule has 3 aliphatic carbocycles. The molecule has 2 fully saturated rings. The zero-order chi connectivity index (χ0) is 28.0. The Bertz CT molecular complexity index is 937. The first-order valence-corrected chi connectivity index (χ1v) is 16.6. The van der Waals surface area contributed by atoms with Gasteiger partial charge in [0, 0.05) is 20.0 Å². The average Bonchev–Trinajstić information content (AvgIpc) is 3.15. The number of aliphatic hydroxyl groups is 1. The molecule has 39 heavy (non-hydrogen) atoms. The van der Waals surface area contributed by atoms with Crippen molar-refractivity contribution in [2.75, 3.05) is 13.6 Å². The second-order valence-corrected chi connectivity index (χ2v) is 14.0. The van der Waals surface area contributed by atoms with Gasteiger partial charge in [-0.05, 0) is 97.3 Å². The Kier molecular flexibility index (Phi) is 11.1. The van der Waals surface area contributed by atoms with Crippen molar-refractivity contribution in [3.05, 3.63) is 29.3 Å². The highest BCUT2D eigenvalue weighted by Gasteiger charge is 2.59. The van der Waals surface area contributed by atoms with Crippen LogP contribution in [0, 0.1) is 23.2 Å². The Morgan fingerprint density at radius 3 is 2.49 bits per heavy atom. The van der Waals surface area contributed by atoms with Crippen molar-refractivity contribution in [2.45, 2.75) is 134 Å². The van der Waals surface area contributed by atoms with E-state index < -0.39 is 6.10 Å². The quantitative estimate of drug-likeness (QED) is 0.178. The molecule has 0 radical (unpaired) electrons. The van der Waals surface area contributed by atoms with Crippen LogP contribution in [-0.4, -0.2) is 46.1 Å². The lowest BCUT2D eigenvalue weighted by Crippen LogP contribution is -2.47. The summed E-state index contributed by atoms with van der Waals surface area (Å²) in [4.78, 5) is 14.1. The zero-order valence-electron chi connectivity index (χ0n) is 24.8. The number of phenolic OH excluding ortho intramolecular Hbond substituents is 1. The number of halogens is 1. The molecule has 4 unspecified atom stereocenters. The summed E-state index contributed by atoms with van der Waals surface area (Å²) in [5.41, 5.74) is 2.73. The molecule has 7 atom stereocenters. The fourth-order valence-corrected chi connectivity index (χ4v) is 8.94. The highest BCUT2D eigenvalue weighted by Crippen LogP contribution is 2.63. The Hall–Kier alpha value is -1.26. The standard InChI is InChI=1S/C34H54ClNO3/c1-4-5-20-36(3)31(38)15-13-11-9-7-6-8-10-12-14-24-21-25-22-26(37)16-17-27(25)28-18-19-34(2)29(32(24)28)23-30(35)33(34)39/h16-17,22,24,28-30,32-33,37,39H,4-15,18-21,23H2,1-3H3/t24-,28?,29?,30-,32?,33?,34+/m1/s1. The predicted molar refractivity (Wildman–Crippen MR) is 161 cm³/mol. The van der Waals surface area contributed by atoms with Gasteiger partial charge in [0.25, 0.3) is 0 Å². The fourth-order valence-electron chi connectivity index (χ4n) is 8.46. The van der Waals surface area contributed by atoms with Crippen LogP contribution < -0.4 is 0 Å². The first kappa shape index (κ1) is 30.7.